The lowest BCUT2D eigenvalue weighted by atomic mass is 10.3. The quantitative estimate of drug-likeness (QED) is 0.685. The van der Waals surface area contributed by atoms with Crippen molar-refractivity contribution in [3.8, 4) is 0 Å². The lowest BCUT2D eigenvalue weighted by Crippen LogP contribution is -2.16. The van der Waals surface area contributed by atoms with Gasteiger partial charge in [-0.1, -0.05) is 29.5 Å². The topological polar surface area (TPSA) is 47.5 Å². The Morgan fingerprint density at radius 1 is 1.23 bits per heavy atom. The fraction of sp³-hybridized carbons (Fsp3) is 0.176. The highest BCUT2D eigenvalue weighted by atomic mass is 32.1. The summed E-state index contributed by atoms with van der Waals surface area (Å²) in [5.74, 6) is 0.899. The van der Waals surface area contributed by atoms with Gasteiger partial charge < -0.3 is 8.98 Å². The van der Waals surface area contributed by atoms with Gasteiger partial charge in [0.15, 0.2) is 10.6 Å². The van der Waals surface area contributed by atoms with Gasteiger partial charge in [0.05, 0.1) is 23.4 Å². The minimum absolute atomic E-state index is 0.0604. The maximum absolute atomic E-state index is 11.8. The van der Waals surface area contributed by atoms with E-state index in [1.54, 1.807) is 13.2 Å². The average molecular weight is 312 g/mol. The summed E-state index contributed by atoms with van der Waals surface area (Å²) in [6, 6.07) is 13.5. The molecular weight excluding hydrogens is 296 g/mol. The Kier molecular flexibility index (Phi) is 4.06. The van der Waals surface area contributed by atoms with E-state index in [1.165, 1.54) is 11.3 Å². The van der Waals surface area contributed by atoms with Crippen molar-refractivity contribution in [3.63, 3.8) is 0 Å². The molecular formula is C17H16N2O2S. The SMILES string of the molecule is CC(=O)c1sc(=Nc2ccccc2)n(Cc2ccco2)c1C. The summed E-state index contributed by atoms with van der Waals surface area (Å²) in [6.45, 7) is 4.09. The smallest absolute Gasteiger partial charge is 0.191 e. The molecule has 112 valence electrons. The first-order chi connectivity index (χ1) is 10.6. The lowest BCUT2D eigenvalue weighted by molar-refractivity contribution is 0.102. The summed E-state index contributed by atoms with van der Waals surface area (Å²) in [4.78, 5) is 18.0. The zero-order valence-electron chi connectivity index (χ0n) is 12.4. The lowest BCUT2D eigenvalue weighted by Gasteiger charge is -2.04. The first-order valence-electron chi connectivity index (χ1n) is 6.98. The Hall–Kier alpha value is -2.40. The van der Waals surface area contributed by atoms with Crippen molar-refractivity contribution in [2.24, 2.45) is 4.99 Å². The Labute approximate surface area is 132 Å². The van der Waals surface area contributed by atoms with Crippen molar-refractivity contribution < 1.29 is 9.21 Å². The molecule has 2 heterocycles. The van der Waals surface area contributed by atoms with Crippen molar-refractivity contribution >= 4 is 22.8 Å². The van der Waals surface area contributed by atoms with Crippen LogP contribution in [0.5, 0.6) is 0 Å². The molecule has 1 aromatic carbocycles. The normalized spacial score (nSPS) is 11.8. The van der Waals surface area contributed by atoms with Gasteiger partial charge in [-0.25, -0.2) is 4.99 Å². The van der Waals surface area contributed by atoms with Gasteiger partial charge in [0.1, 0.15) is 5.76 Å². The number of para-hydroxylation sites is 1. The fourth-order valence-electron chi connectivity index (χ4n) is 2.25. The molecule has 0 saturated heterocycles. The van der Waals surface area contributed by atoms with Crippen molar-refractivity contribution in [2.75, 3.05) is 0 Å². The zero-order chi connectivity index (χ0) is 15.5. The van der Waals surface area contributed by atoms with E-state index < -0.39 is 0 Å². The number of ketones is 1. The molecule has 0 amide bonds. The molecule has 0 radical (unpaired) electrons. The number of thiazole rings is 1. The average Bonchev–Trinajstić information content (AvgIpc) is 3.12. The van der Waals surface area contributed by atoms with Crippen LogP contribution in [0.3, 0.4) is 0 Å². The van der Waals surface area contributed by atoms with E-state index in [2.05, 4.69) is 4.99 Å². The van der Waals surface area contributed by atoms with Crippen LogP contribution in [0.2, 0.25) is 0 Å². The van der Waals surface area contributed by atoms with Gasteiger partial charge in [-0.05, 0) is 31.2 Å². The molecule has 0 spiro atoms. The van der Waals surface area contributed by atoms with Gasteiger partial charge in [-0.2, -0.15) is 0 Å². The molecule has 0 atom stereocenters. The van der Waals surface area contributed by atoms with Gasteiger partial charge in [0.2, 0.25) is 0 Å². The molecule has 0 bridgehead atoms. The Bertz CT molecular complexity index is 843. The third-order valence-corrected chi connectivity index (χ3v) is 4.63. The number of rotatable bonds is 4. The first kappa shape index (κ1) is 14.5. The van der Waals surface area contributed by atoms with Gasteiger partial charge in [-0.3, -0.25) is 4.79 Å². The maximum Gasteiger partial charge on any atom is 0.191 e. The van der Waals surface area contributed by atoms with Crippen LogP contribution in [0.25, 0.3) is 0 Å². The zero-order valence-corrected chi connectivity index (χ0v) is 13.3. The Morgan fingerprint density at radius 3 is 2.64 bits per heavy atom. The summed E-state index contributed by atoms with van der Waals surface area (Å²) >= 11 is 1.42. The number of aromatic nitrogens is 1. The van der Waals surface area contributed by atoms with Crippen molar-refractivity contribution in [3.05, 3.63) is 69.9 Å². The van der Waals surface area contributed by atoms with Crippen LogP contribution < -0.4 is 4.80 Å². The second kappa shape index (κ2) is 6.15. The third-order valence-electron chi connectivity index (χ3n) is 3.35. The molecule has 0 fully saturated rings. The highest BCUT2D eigenvalue weighted by molar-refractivity contribution is 7.11. The molecule has 0 unspecified atom stereocenters. The van der Waals surface area contributed by atoms with E-state index in [1.807, 2.05) is 54.0 Å². The molecule has 0 aliphatic rings. The standard InChI is InChI=1S/C17H16N2O2S/c1-12-16(13(2)20)22-17(18-14-7-4-3-5-8-14)19(12)11-15-9-6-10-21-15/h3-10H,11H2,1-2H3. The third kappa shape index (κ3) is 2.94. The molecule has 3 aromatic rings. The number of nitrogens with zero attached hydrogens (tertiary/aromatic N) is 2. The Morgan fingerprint density at radius 2 is 2.00 bits per heavy atom. The summed E-state index contributed by atoms with van der Waals surface area (Å²) in [7, 11) is 0. The van der Waals surface area contributed by atoms with Crippen LogP contribution in [0.4, 0.5) is 5.69 Å². The number of furan rings is 1. The molecule has 2 aromatic heterocycles. The number of benzene rings is 1. The van der Waals surface area contributed by atoms with E-state index >= 15 is 0 Å². The largest absolute Gasteiger partial charge is 0.467 e. The number of carbonyl (C=O) groups excluding carboxylic acids is 1. The van der Waals surface area contributed by atoms with Gasteiger partial charge in [0, 0.05) is 12.6 Å². The summed E-state index contributed by atoms with van der Waals surface area (Å²) in [6.07, 6.45) is 1.65. The van der Waals surface area contributed by atoms with E-state index in [4.69, 9.17) is 4.42 Å². The van der Waals surface area contributed by atoms with Crippen LogP contribution in [-0.4, -0.2) is 10.4 Å². The van der Waals surface area contributed by atoms with Crippen molar-refractivity contribution in [1.82, 2.24) is 4.57 Å². The molecule has 5 heteroatoms. The molecule has 0 saturated carbocycles. The van der Waals surface area contributed by atoms with Crippen LogP contribution in [-0.2, 0) is 6.54 Å². The summed E-state index contributed by atoms with van der Waals surface area (Å²) in [5, 5.41) is 0. The predicted octanol–water partition coefficient (Wildman–Crippen LogP) is 3.93. The number of hydrogen-bond acceptors (Lipinski definition) is 4. The second-order valence-electron chi connectivity index (χ2n) is 4.97. The molecule has 0 aliphatic heterocycles. The Balaban J connectivity index is 2.13. The molecule has 0 N–H and O–H groups in total. The van der Waals surface area contributed by atoms with Crippen LogP contribution in [0.1, 0.15) is 28.0 Å². The highest BCUT2D eigenvalue weighted by Gasteiger charge is 2.14. The summed E-state index contributed by atoms with van der Waals surface area (Å²) < 4.78 is 7.45. The fourth-order valence-corrected chi connectivity index (χ4v) is 3.30. The summed E-state index contributed by atoms with van der Waals surface area (Å²) in [5.41, 5.74) is 1.79. The van der Waals surface area contributed by atoms with Gasteiger partial charge in [-0.15, -0.1) is 0 Å². The first-order valence-corrected chi connectivity index (χ1v) is 7.80. The minimum Gasteiger partial charge on any atom is -0.467 e. The van der Waals surface area contributed by atoms with E-state index in [0.29, 0.717) is 6.54 Å². The molecule has 4 nitrogen and oxygen atoms in total. The second-order valence-corrected chi connectivity index (χ2v) is 5.95. The van der Waals surface area contributed by atoms with Gasteiger partial charge >= 0.3 is 0 Å². The van der Waals surface area contributed by atoms with Crippen LogP contribution >= 0.6 is 11.3 Å². The number of hydrogen-bond donors (Lipinski definition) is 0. The van der Waals surface area contributed by atoms with Crippen molar-refractivity contribution in [2.45, 2.75) is 20.4 Å². The number of carbonyl (C=O) groups is 1. The van der Waals surface area contributed by atoms with Crippen LogP contribution in [0, 0.1) is 6.92 Å². The van der Waals surface area contributed by atoms with Crippen LogP contribution in [0.15, 0.2) is 58.1 Å². The highest BCUT2D eigenvalue weighted by Crippen LogP contribution is 2.17. The van der Waals surface area contributed by atoms with E-state index in [9.17, 15) is 4.79 Å². The molecule has 3 rings (SSSR count). The molecule has 0 aliphatic carbocycles. The number of Topliss-reactive ketones (excluding diaryl/α,β-unsaturated/α-hetero) is 1. The van der Waals surface area contributed by atoms with Gasteiger partial charge in [0.25, 0.3) is 0 Å². The maximum atomic E-state index is 11.8. The van der Waals surface area contributed by atoms with E-state index in [-0.39, 0.29) is 5.78 Å². The van der Waals surface area contributed by atoms with Crippen molar-refractivity contribution in [1.29, 1.82) is 0 Å². The minimum atomic E-state index is 0.0604. The molecule has 22 heavy (non-hydrogen) atoms. The predicted molar refractivity (Wildman–Crippen MR) is 86.5 cm³/mol. The monoisotopic (exact) mass is 312 g/mol. The van der Waals surface area contributed by atoms with E-state index in [0.717, 1.165) is 26.8 Å².